The van der Waals surface area contributed by atoms with E-state index < -0.39 is 8.32 Å². The van der Waals surface area contributed by atoms with Crippen molar-refractivity contribution in [1.29, 1.82) is 0 Å². The van der Waals surface area contributed by atoms with Crippen molar-refractivity contribution in [1.82, 2.24) is 9.55 Å². The molecule has 0 N–H and O–H groups in total. The van der Waals surface area contributed by atoms with E-state index in [1.165, 1.54) is 0 Å². The SMILES string of the molecule is CCC(=O)c1cc2n(c(=O)c1CO[Si](C)(C)C(C)(C)C)Cc1cc3ccccc3nc1-2. The number of Topliss-reactive ketones (excluding diaryl/α,β-unsaturated/α-hetero) is 1. The van der Waals surface area contributed by atoms with E-state index in [0.29, 0.717) is 24.1 Å². The summed E-state index contributed by atoms with van der Waals surface area (Å²) in [4.78, 5) is 31.2. The lowest BCUT2D eigenvalue weighted by atomic mass is 10.0. The van der Waals surface area contributed by atoms with E-state index in [4.69, 9.17) is 9.41 Å². The number of ketones is 1. The van der Waals surface area contributed by atoms with E-state index in [1.807, 2.05) is 37.3 Å². The molecule has 6 heteroatoms. The average molecular weight is 435 g/mol. The fourth-order valence-electron chi connectivity index (χ4n) is 3.76. The van der Waals surface area contributed by atoms with Crippen LogP contribution in [0.3, 0.4) is 0 Å². The number of hydrogen-bond donors (Lipinski definition) is 0. The topological polar surface area (TPSA) is 61.2 Å². The van der Waals surface area contributed by atoms with Crippen molar-refractivity contribution in [2.75, 3.05) is 0 Å². The second kappa shape index (κ2) is 7.53. The minimum absolute atomic E-state index is 0.0229. The molecule has 0 saturated heterocycles. The van der Waals surface area contributed by atoms with Gasteiger partial charge in [0.15, 0.2) is 14.1 Å². The van der Waals surface area contributed by atoms with Crippen molar-refractivity contribution < 1.29 is 9.22 Å². The molecule has 0 bridgehead atoms. The Morgan fingerprint density at radius 2 is 1.90 bits per heavy atom. The van der Waals surface area contributed by atoms with Crippen LogP contribution in [0.2, 0.25) is 18.1 Å². The van der Waals surface area contributed by atoms with Gasteiger partial charge in [-0.1, -0.05) is 45.9 Å². The Morgan fingerprint density at radius 1 is 1.19 bits per heavy atom. The van der Waals surface area contributed by atoms with E-state index in [9.17, 15) is 9.59 Å². The van der Waals surface area contributed by atoms with E-state index >= 15 is 0 Å². The van der Waals surface area contributed by atoms with Crippen molar-refractivity contribution in [3.05, 3.63) is 63.4 Å². The minimum atomic E-state index is -2.07. The zero-order valence-electron chi connectivity index (χ0n) is 19.2. The van der Waals surface area contributed by atoms with Crippen LogP contribution >= 0.6 is 0 Å². The first-order valence-corrected chi connectivity index (χ1v) is 13.8. The Hall–Kier alpha value is -2.57. The van der Waals surface area contributed by atoms with Gasteiger partial charge in [0.2, 0.25) is 0 Å². The highest BCUT2D eigenvalue weighted by molar-refractivity contribution is 6.74. The van der Waals surface area contributed by atoms with Crippen LogP contribution in [0.15, 0.2) is 41.2 Å². The predicted octanol–water partition coefficient (Wildman–Crippen LogP) is 5.54. The van der Waals surface area contributed by atoms with E-state index in [-0.39, 0.29) is 23.0 Å². The number of carbonyl (C=O) groups is 1. The molecule has 0 fully saturated rings. The van der Waals surface area contributed by atoms with Crippen molar-refractivity contribution in [2.24, 2.45) is 0 Å². The molecule has 4 rings (SSSR count). The quantitative estimate of drug-likeness (QED) is 0.306. The largest absolute Gasteiger partial charge is 0.412 e. The van der Waals surface area contributed by atoms with Crippen LogP contribution < -0.4 is 5.56 Å². The number of carbonyl (C=O) groups excluding carboxylic acids is 1. The van der Waals surface area contributed by atoms with Crippen LogP contribution in [-0.4, -0.2) is 23.7 Å². The van der Waals surface area contributed by atoms with Gasteiger partial charge in [-0.2, -0.15) is 0 Å². The van der Waals surface area contributed by atoms with Gasteiger partial charge in [0.1, 0.15) is 0 Å². The van der Waals surface area contributed by atoms with Crippen molar-refractivity contribution in [3.8, 4) is 11.4 Å². The van der Waals surface area contributed by atoms with Gasteiger partial charge >= 0.3 is 0 Å². The molecule has 0 saturated carbocycles. The smallest absolute Gasteiger partial charge is 0.257 e. The number of nitrogens with zero attached hydrogens (tertiary/aromatic N) is 2. The van der Waals surface area contributed by atoms with E-state index in [1.54, 1.807) is 4.57 Å². The van der Waals surface area contributed by atoms with Gasteiger partial charge in [-0.3, -0.25) is 9.59 Å². The zero-order chi connectivity index (χ0) is 22.6. The molecule has 1 aromatic carbocycles. The summed E-state index contributed by atoms with van der Waals surface area (Å²) in [7, 11) is -2.07. The Labute approximate surface area is 184 Å². The first-order chi connectivity index (χ1) is 14.5. The Balaban J connectivity index is 1.84. The highest BCUT2D eigenvalue weighted by Gasteiger charge is 2.38. The van der Waals surface area contributed by atoms with E-state index in [0.717, 1.165) is 27.9 Å². The third-order valence-corrected chi connectivity index (χ3v) is 11.3. The van der Waals surface area contributed by atoms with Crippen LogP contribution in [0.4, 0.5) is 0 Å². The highest BCUT2D eigenvalue weighted by atomic mass is 28.4. The summed E-state index contributed by atoms with van der Waals surface area (Å²) in [6, 6.07) is 11.9. The first kappa shape index (κ1) is 21.7. The molecule has 3 aromatic rings. The fourth-order valence-corrected chi connectivity index (χ4v) is 4.70. The number of pyridine rings is 2. The summed E-state index contributed by atoms with van der Waals surface area (Å²) in [6.07, 6.45) is 0.341. The van der Waals surface area contributed by atoms with Gasteiger partial charge in [0.25, 0.3) is 5.56 Å². The summed E-state index contributed by atoms with van der Waals surface area (Å²) < 4.78 is 8.10. The van der Waals surface area contributed by atoms with Gasteiger partial charge in [0, 0.05) is 22.9 Å². The maximum atomic E-state index is 13.5. The number of aromatic nitrogens is 2. The molecule has 31 heavy (non-hydrogen) atoms. The number of fused-ring (bicyclic) bond motifs is 4. The second-order valence-electron chi connectivity index (χ2n) is 9.83. The standard InChI is InChI=1S/C25H30N2O3Si/c1-7-22(28)18-13-21-23-17(12-16-10-8-9-11-20(16)26-23)14-27(21)24(29)19(18)15-30-31(5,6)25(2,3)4/h8-13H,7,14-15H2,1-6H3. The molecule has 1 aliphatic rings. The normalized spacial score (nSPS) is 13.4. The van der Waals surface area contributed by atoms with Crippen molar-refractivity contribution in [2.45, 2.75) is 65.4 Å². The Morgan fingerprint density at radius 3 is 2.58 bits per heavy atom. The highest BCUT2D eigenvalue weighted by Crippen LogP contribution is 2.38. The van der Waals surface area contributed by atoms with E-state index in [2.05, 4.69) is 39.9 Å². The zero-order valence-corrected chi connectivity index (χ0v) is 20.2. The molecule has 0 radical (unpaired) electrons. The summed E-state index contributed by atoms with van der Waals surface area (Å²) in [6.45, 7) is 13.3. The number of para-hydroxylation sites is 1. The molecule has 0 amide bonds. The average Bonchev–Trinajstić information content (AvgIpc) is 3.07. The molecule has 0 spiro atoms. The summed E-state index contributed by atoms with van der Waals surface area (Å²) >= 11 is 0. The molecule has 0 atom stereocenters. The van der Waals surface area contributed by atoms with Crippen LogP contribution in [0.25, 0.3) is 22.3 Å². The molecule has 0 unspecified atom stereocenters. The number of rotatable bonds is 5. The molecule has 5 nitrogen and oxygen atoms in total. The van der Waals surface area contributed by atoms with Gasteiger partial charge in [-0.15, -0.1) is 0 Å². The number of benzene rings is 1. The molecule has 3 heterocycles. The van der Waals surface area contributed by atoms with Crippen molar-refractivity contribution >= 4 is 25.0 Å². The lowest BCUT2D eigenvalue weighted by molar-refractivity contribution is 0.0985. The maximum absolute atomic E-state index is 13.5. The third kappa shape index (κ3) is 3.68. The second-order valence-corrected chi connectivity index (χ2v) is 14.6. The molecule has 1 aliphatic heterocycles. The summed E-state index contributed by atoms with van der Waals surface area (Å²) in [5.41, 5.74) is 4.20. The lowest BCUT2D eigenvalue weighted by Crippen LogP contribution is -2.41. The molecular weight excluding hydrogens is 404 g/mol. The molecule has 0 aliphatic carbocycles. The van der Waals surface area contributed by atoms with Crippen LogP contribution in [0, 0.1) is 0 Å². The van der Waals surface area contributed by atoms with Crippen LogP contribution in [0.1, 0.15) is 55.6 Å². The third-order valence-electron chi connectivity index (χ3n) is 6.78. The van der Waals surface area contributed by atoms with Gasteiger partial charge < -0.3 is 8.99 Å². The minimum Gasteiger partial charge on any atom is -0.412 e. The predicted molar refractivity (Wildman–Crippen MR) is 127 cm³/mol. The molecule has 2 aromatic heterocycles. The molecular formula is C25H30N2O3Si. The van der Waals surface area contributed by atoms with Gasteiger partial charge in [0.05, 0.1) is 35.6 Å². The van der Waals surface area contributed by atoms with Crippen LogP contribution in [-0.2, 0) is 17.6 Å². The Bertz CT molecular complexity index is 1250. The molecule has 162 valence electrons. The van der Waals surface area contributed by atoms with Crippen molar-refractivity contribution in [3.63, 3.8) is 0 Å². The first-order valence-electron chi connectivity index (χ1n) is 10.9. The maximum Gasteiger partial charge on any atom is 0.257 e. The monoisotopic (exact) mass is 434 g/mol. The lowest BCUT2D eigenvalue weighted by Gasteiger charge is -2.36. The van der Waals surface area contributed by atoms with Gasteiger partial charge in [-0.25, -0.2) is 4.98 Å². The van der Waals surface area contributed by atoms with Gasteiger partial charge in [-0.05, 0) is 36.3 Å². The summed E-state index contributed by atoms with van der Waals surface area (Å²) in [5.74, 6) is -0.0384. The number of hydrogen-bond acceptors (Lipinski definition) is 4. The summed E-state index contributed by atoms with van der Waals surface area (Å²) in [5, 5.41) is 1.07. The fraction of sp³-hybridized carbons (Fsp3) is 0.400. The Kier molecular flexibility index (Phi) is 5.26. The van der Waals surface area contributed by atoms with Crippen LogP contribution in [0.5, 0.6) is 0 Å².